The lowest BCUT2D eigenvalue weighted by molar-refractivity contribution is -0.136. The van der Waals surface area contributed by atoms with Crippen molar-refractivity contribution in [3.8, 4) is 0 Å². The van der Waals surface area contributed by atoms with Crippen molar-refractivity contribution >= 4 is 39.1 Å². The van der Waals surface area contributed by atoms with Gasteiger partial charge < -0.3 is 5.11 Å². The maximum atomic E-state index is 12.1. The predicted octanol–water partition coefficient (Wildman–Crippen LogP) is 1.80. The van der Waals surface area contributed by atoms with Gasteiger partial charge in [-0.3, -0.25) is 4.79 Å². The summed E-state index contributed by atoms with van der Waals surface area (Å²) in [5.41, 5.74) is 0. The average molecular weight is 323 g/mol. The molecule has 1 unspecified atom stereocenters. The number of nitrogens with one attached hydrogen (secondary N) is 1. The number of carbonyl (C=O) groups is 1. The molecule has 0 bridgehead atoms. The minimum atomic E-state index is -3.55. The molecule has 1 atom stereocenters. The second kappa shape index (κ2) is 7.28. The van der Waals surface area contributed by atoms with Crippen molar-refractivity contribution in [1.82, 2.24) is 4.72 Å². The van der Waals surface area contributed by atoms with E-state index in [1.807, 2.05) is 13.2 Å². The summed E-state index contributed by atoms with van der Waals surface area (Å²) in [6.07, 6.45) is 2.49. The molecule has 0 saturated carbocycles. The van der Waals surface area contributed by atoms with Crippen molar-refractivity contribution in [1.29, 1.82) is 0 Å². The highest BCUT2D eigenvalue weighted by atomic mass is 32.2. The number of aliphatic carboxylic acids is 1. The smallest absolute Gasteiger partial charge is 0.308 e. The van der Waals surface area contributed by atoms with Crippen molar-refractivity contribution in [3.05, 3.63) is 17.0 Å². The van der Waals surface area contributed by atoms with E-state index in [1.165, 1.54) is 6.07 Å². The van der Waals surface area contributed by atoms with Crippen LogP contribution in [0.1, 0.15) is 18.2 Å². The first-order valence-electron chi connectivity index (χ1n) is 5.70. The summed E-state index contributed by atoms with van der Waals surface area (Å²) < 4.78 is 27.0. The maximum Gasteiger partial charge on any atom is 0.308 e. The molecule has 0 aliphatic carbocycles. The zero-order valence-corrected chi connectivity index (χ0v) is 13.2. The van der Waals surface area contributed by atoms with E-state index < -0.39 is 16.0 Å². The second-order valence-electron chi connectivity index (χ2n) is 3.97. The third kappa shape index (κ3) is 5.13. The topological polar surface area (TPSA) is 83.5 Å². The van der Waals surface area contributed by atoms with Crippen LogP contribution in [0.4, 0.5) is 0 Å². The zero-order chi connectivity index (χ0) is 14.5. The fourth-order valence-electron chi connectivity index (χ4n) is 1.46. The molecular formula is C11H17NO4S3. The minimum Gasteiger partial charge on any atom is -0.481 e. The van der Waals surface area contributed by atoms with Gasteiger partial charge >= 0.3 is 5.97 Å². The van der Waals surface area contributed by atoms with Crippen LogP contribution >= 0.6 is 23.1 Å². The number of thiophene rings is 1. The normalized spacial score (nSPS) is 13.4. The Kier molecular flexibility index (Phi) is 6.31. The van der Waals surface area contributed by atoms with Gasteiger partial charge in [0.2, 0.25) is 10.0 Å². The summed E-state index contributed by atoms with van der Waals surface area (Å²) >= 11 is 2.58. The largest absolute Gasteiger partial charge is 0.481 e. The van der Waals surface area contributed by atoms with Crippen molar-refractivity contribution in [3.63, 3.8) is 0 Å². The Morgan fingerprint density at radius 1 is 1.53 bits per heavy atom. The van der Waals surface area contributed by atoms with E-state index in [9.17, 15) is 13.2 Å². The Morgan fingerprint density at radius 3 is 2.74 bits per heavy atom. The third-order valence-electron chi connectivity index (χ3n) is 2.41. The van der Waals surface area contributed by atoms with Crippen LogP contribution in [0.25, 0.3) is 0 Å². The van der Waals surface area contributed by atoms with Gasteiger partial charge in [0.25, 0.3) is 0 Å². The third-order valence-corrected chi connectivity index (χ3v) is 6.24. The van der Waals surface area contributed by atoms with Crippen LogP contribution in [0, 0.1) is 0 Å². The second-order valence-corrected chi connectivity index (χ2v) is 7.99. The molecule has 0 fully saturated rings. The fraction of sp³-hybridized carbons (Fsp3) is 0.545. The van der Waals surface area contributed by atoms with Gasteiger partial charge in [0.1, 0.15) is 4.21 Å². The highest BCUT2D eigenvalue weighted by Crippen LogP contribution is 2.22. The van der Waals surface area contributed by atoms with Crippen LogP contribution in [0.5, 0.6) is 0 Å². The minimum absolute atomic E-state index is 0.106. The molecule has 0 radical (unpaired) electrons. The summed E-state index contributed by atoms with van der Waals surface area (Å²) in [7, 11) is -3.55. The van der Waals surface area contributed by atoms with Crippen molar-refractivity contribution in [2.75, 3.05) is 12.0 Å². The molecule has 8 heteroatoms. The van der Waals surface area contributed by atoms with Crippen LogP contribution in [-0.2, 0) is 21.2 Å². The zero-order valence-electron chi connectivity index (χ0n) is 10.8. The molecular weight excluding hydrogens is 306 g/mol. The van der Waals surface area contributed by atoms with Gasteiger partial charge in [-0.05, 0) is 24.8 Å². The van der Waals surface area contributed by atoms with Gasteiger partial charge in [-0.15, -0.1) is 11.3 Å². The monoisotopic (exact) mass is 323 g/mol. The number of hydrogen-bond donors (Lipinski definition) is 2. The van der Waals surface area contributed by atoms with Crippen LogP contribution < -0.4 is 4.72 Å². The first kappa shape index (κ1) is 16.5. The Morgan fingerprint density at radius 2 is 2.21 bits per heavy atom. The van der Waals surface area contributed by atoms with Gasteiger partial charge in [-0.25, -0.2) is 13.1 Å². The van der Waals surface area contributed by atoms with Crippen LogP contribution in [0.3, 0.4) is 0 Å². The van der Waals surface area contributed by atoms with E-state index in [0.29, 0.717) is 17.1 Å². The lowest BCUT2D eigenvalue weighted by atomic mass is 10.3. The lowest BCUT2D eigenvalue weighted by Crippen LogP contribution is -2.35. The molecule has 19 heavy (non-hydrogen) atoms. The van der Waals surface area contributed by atoms with Crippen molar-refractivity contribution < 1.29 is 18.3 Å². The molecule has 0 aliphatic heterocycles. The number of carboxylic acids is 1. The summed E-state index contributed by atoms with van der Waals surface area (Å²) in [4.78, 5) is 11.1. The van der Waals surface area contributed by atoms with E-state index in [1.54, 1.807) is 17.8 Å². The molecule has 108 valence electrons. The Hall–Kier alpha value is -0.570. The lowest BCUT2D eigenvalue weighted by Gasteiger charge is -2.14. The summed E-state index contributed by atoms with van der Waals surface area (Å²) in [6.45, 7) is 1.92. The molecule has 1 aromatic rings. The van der Waals surface area contributed by atoms with Crippen LogP contribution in [0.2, 0.25) is 0 Å². The Labute approximate surface area is 121 Å². The van der Waals surface area contributed by atoms with E-state index in [2.05, 4.69) is 4.72 Å². The number of hydrogen-bond acceptors (Lipinski definition) is 5. The van der Waals surface area contributed by atoms with Gasteiger partial charge in [0.05, 0.1) is 6.42 Å². The Balaban J connectivity index is 2.82. The molecule has 0 saturated heterocycles. The van der Waals surface area contributed by atoms with E-state index in [0.717, 1.165) is 11.3 Å². The molecule has 1 heterocycles. The van der Waals surface area contributed by atoms with Gasteiger partial charge in [-0.2, -0.15) is 11.8 Å². The molecule has 5 nitrogen and oxygen atoms in total. The van der Waals surface area contributed by atoms with Crippen molar-refractivity contribution in [2.45, 2.75) is 30.0 Å². The predicted molar refractivity (Wildman–Crippen MR) is 78.4 cm³/mol. The standard InChI is InChI=1S/C11H17NO4S3/c1-3-8(7-17-2)12-19(15,16)11-5-4-9(18-11)6-10(13)14/h4-5,8,12H,3,6-7H2,1-2H3,(H,13,14). The highest BCUT2D eigenvalue weighted by molar-refractivity contribution is 7.98. The van der Waals surface area contributed by atoms with Gasteiger partial charge in [-0.1, -0.05) is 6.92 Å². The molecule has 2 N–H and O–H groups in total. The SMILES string of the molecule is CCC(CSC)NS(=O)(=O)c1ccc(CC(=O)O)s1. The summed E-state index contributed by atoms with van der Waals surface area (Å²) in [5, 5.41) is 8.67. The Bertz CT molecular complexity index is 524. The number of carboxylic acid groups (broad SMARTS) is 1. The van der Waals surface area contributed by atoms with Crippen LogP contribution in [0.15, 0.2) is 16.3 Å². The molecule has 0 aromatic carbocycles. The highest BCUT2D eigenvalue weighted by Gasteiger charge is 2.21. The molecule has 0 amide bonds. The van der Waals surface area contributed by atoms with Crippen LogP contribution in [-0.4, -0.2) is 37.5 Å². The summed E-state index contributed by atoms with van der Waals surface area (Å²) in [5.74, 6) is -0.254. The maximum absolute atomic E-state index is 12.1. The van der Waals surface area contributed by atoms with Crippen molar-refractivity contribution in [2.24, 2.45) is 0 Å². The average Bonchev–Trinajstić information content (AvgIpc) is 2.76. The van der Waals surface area contributed by atoms with Gasteiger partial charge in [0.15, 0.2) is 0 Å². The number of rotatable bonds is 8. The molecule has 1 rings (SSSR count). The first-order chi connectivity index (χ1) is 8.89. The fourth-order valence-corrected chi connectivity index (χ4v) is 4.97. The first-order valence-corrected chi connectivity index (χ1v) is 9.40. The van der Waals surface area contributed by atoms with E-state index in [-0.39, 0.29) is 16.7 Å². The quantitative estimate of drug-likeness (QED) is 0.762. The molecule has 0 spiro atoms. The van der Waals surface area contributed by atoms with Gasteiger partial charge in [0, 0.05) is 16.7 Å². The van der Waals surface area contributed by atoms with E-state index in [4.69, 9.17) is 5.11 Å². The number of thioether (sulfide) groups is 1. The number of sulfonamides is 1. The summed E-state index contributed by atoms with van der Waals surface area (Å²) in [6, 6.07) is 2.89. The molecule has 0 aliphatic rings. The van der Waals surface area contributed by atoms with E-state index >= 15 is 0 Å². The molecule has 1 aromatic heterocycles.